The van der Waals surface area contributed by atoms with Gasteiger partial charge in [0, 0.05) is 38.4 Å². The van der Waals surface area contributed by atoms with E-state index in [1.807, 2.05) is 23.1 Å². The quantitative estimate of drug-likeness (QED) is 0.742. The second-order valence-electron chi connectivity index (χ2n) is 5.24. The Balaban J connectivity index is 1.88. The predicted molar refractivity (Wildman–Crippen MR) is 81.4 cm³/mol. The average Bonchev–Trinajstić information content (AvgIpc) is 2.82. The number of nitrogens with two attached hydrogens (primary N) is 1. The number of nitrogens with zero attached hydrogens (tertiary/aromatic N) is 2. The van der Waals surface area contributed by atoms with Gasteiger partial charge in [0.2, 0.25) is 0 Å². The zero-order chi connectivity index (χ0) is 14.4. The van der Waals surface area contributed by atoms with Gasteiger partial charge < -0.3 is 16.0 Å². The molecule has 1 aromatic carbocycles. The van der Waals surface area contributed by atoms with E-state index in [0.717, 1.165) is 51.4 Å². The Kier molecular flexibility index (Phi) is 5.24. The smallest absolute Gasteiger partial charge is 0.317 e. The highest BCUT2D eigenvalue weighted by atomic mass is 16.2. The zero-order valence-electron chi connectivity index (χ0n) is 12.1. The molecule has 0 bridgehead atoms. The number of amides is 2. The fraction of sp³-hybridized carbons (Fsp3) is 0.533. The van der Waals surface area contributed by atoms with Gasteiger partial charge in [0.1, 0.15) is 0 Å². The van der Waals surface area contributed by atoms with Crippen LogP contribution in [-0.2, 0) is 6.54 Å². The molecule has 1 aliphatic heterocycles. The number of hydrogen-bond acceptors (Lipinski definition) is 3. The largest absolute Gasteiger partial charge is 0.399 e. The summed E-state index contributed by atoms with van der Waals surface area (Å²) in [6.45, 7) is 7.36. The van der Waals surface area contributed by atoms with Crippen molar-refractivity contribution in [1.29, 1.82) is 0 Å². The summed E-state index contributed by atoms with van der Waals surface area (Å²) in [7, 11) is 0. The van der Waals surface area contributed by atoms with Crippen molar-refractivity contribution in [3.05, 3.63) is 29.8 Å². The standard InChI is InChI=1S/C15H24N4O/c1-2-7-18(9-10-19-8-6-17-15(19)20)12-13-4-3-5-14(16)11-13/h3-5,11H,2,6-10,12,16H2,1H3,(H,17,20). The first-order valence-corrected chi connectivity index (χ1v) is 7.28. The maximum atomic E-state index is 11.5. The number of rotatable bonds is 7. The van der Waals surface area contributed by atoms with Crippen molar-refractivity contribution in [3.63, 3.8) is 0 Å². The molecule has 1 fully saturated rings. The lowest BCUT2D eigenvalue weighted by atomic mass is 10.2. The maximum absolute atomic E-state index is 11.5. The third-order valence-electron chi connectivity index (χ3n) is 3.53. The van der Waals surface area contributed by atoms with Gasteiger partial charge in [-0.15, -0.1) is 0 Å². The lowest BCUT2D eigenvalue weighted by Gasteiger charge is -2.24. The lowest BCUT2D eigenvalue weighted by molar-refractivity contribution is 0.198. The molecule has 2 amide bonds. The molecule has 0 unspecified atom stereocenters. The first kappa shape index (κ1) is 14.7. The van der Waals surface area contributed by atoms with Crippen molar-refractivity contribution in [2.45, 2.75) is 19.9 Å². The summed E-state index contributed by atoms with van der Waals surface area (Å²) in [6, 6.07) is 8.07. The molecule has 1 aromatic rings. The van der Waals surface area contributed by atoms with Crippen LogP contribution in [0, 0.1) is 0 Å². The lowest BCUT2D eigenvalue weighted by Crippen LogP contribution is -2.37. The van der Waals surface area contributed by atoms with Crippen LogP contribution in [0.25, 0.3) is 0 Å². The van der Waals surface area contributed by atoms with Crippen LogP contribution in [0.1, 0.15) is 18.9 Å². The third kappa shape index (κ3) is 4.13. The Labute approximate surface area is 120 Å². The number of carbonyl (C=O) groups is 1. The van der Waals surface area contributed by atoms with Gasteiger partial charge in [-0.1, -0.05) is 19.1 Å². The molecule has 1 saturated heterocycles. The van der Waals surface area contributed by atoms with E-state index in [-0.39, 0.29) is 6.03 Å². The Morgan fingerprint density at radius 3 is 2.90 bits per heavy atom. The van der Waals surface area contributed by atoms with Gasteiger partial charge in [-0.3, -0.25) is 4.90 Å². The second kappa shape index (κ2) is 7.14. The minimum Gasteiger partial charge on any atom is -0.399 e. The fourth-order valence-corrected chi connectivity index (χ4v) is 2.52. The summed E-state index contributed by atoms with van der Waals surface area (Å²) >= 11 is 0. The van der Waals surface area contributed by atoms with Gasteiger partial charge in [-0.25, -0.2) is 4.79 Å². The van der Waals surface area contributed by atoms with Crippen molar-refractivity contribution < 1.29 is 4.79 Å². The van der Waals surface area contributed by atoms with Crippen LogP contribution in [0.5, 0.6) is 0 Å². The molecule has 0 spiro atoms. The normalized spacial score (nSPS) is 14.9. The topological polar surface area (TPSA) is 61.6 Å². The van der Waals surface area contributed by atoms with Gasteiger partial charge in [-0.05, 0) is 30.7 Å². The Morgan fingerprint density at radius 1 is 1.40 bits per heavy atom. The summed E-state index contributed by atoms with van der Waals surface area (Å²) in [5.74, 6) is 0. The monoisotopic (exact) mass is 276 g/mol. The van der Waals surface area contributed by atoms with Crippen LogP contribution >= 0.6 is 0 Å². The molecule has 0 saturated carbocycles. The van der Waals surface area contributed by atoms with Crippen LogP contribution in [0.4, 0.5) is 10.5 Å². The van der Waals surface area contributed by atoms with Crippen LogP contribution in [0.15, 0.2) is 24.3 Å². The van der Waals surface area contributed by atoms with Crippen molar-refractivity contribution in [1.82, 2.24) is 15.1 Å². The molecule has 3 N–H and O–H groups in total. The zero-order valence-corrected chi connectivity index (χ0v) is 12.1. The number of benzene rings is 1. The molecule has 0 aliphatic carbocycles. The molecule has 5 heteroatoms. The average molecular weight is 276 g/mol. The second-order valence-corrected chi connectivity index (χ2v) is 5.24. The predicted octanol–water partition coefficient (Wildman–Crippen LogP) is 1.51. The third-order valence-corrected chi connectivity index (χ3v) is 3.53. The van der Waals surface area contributed by atoms with Gasteiger partial charge in [0.15, 0.2) is 0 Å². The van der Waals surface area contributed by atoms with Crippen molar-refractivity contribution in [2.75, 3.05) is 38.5 Å². The Morgan fingerprint density at radius 2 is 2.25 bits per heavy atom. The van der Waals surface area contributed by atoms with E-state index >= 15 is 0 Å². The van der Waals surface area contributed by atoms with Crippen LogP contribution in [0.3, 0.4) is 0 Å². The van der Waals surface area contributed by atoms with Gasteiger partial charge in [-0.2, -0.15) is 0 Å². The van der Waals surface area contributed by atoms with E-state index < -0.39 is 0 Å². The van der Waals surface area contributed by atoms with Gasteiger partial charge in [0.25, 0.3) is 0 Å². The van der Waals surface area contributed by atoms with Crippen LogP contribution in [-0.4, -0.2) is 48.6 Å². The van der Waals surface area contributed by atoms with E-state index in [0.29, 0.717) is 0 Å². The summed E-state index contributed by atoms with van der Waals surface area (Å²) in [4.78, 5) is 15.8. The summed E-state index contributed by atoms with van der Waals surface area (Å²) in [6.07, 6.45) is 1.11. The van der Waals surface area contributed by atoms with E-state index in [2.05, 4.69) is 23.2 Å². The molecule has 5 nitrogen and oxygen atoms in total. The molecule has 2 rings (SSSR count). The molecule has 1 aliphatic rings. The summed E-state index contributed by atoms with van der Waals surface area (Å²) < 4.78 is 0. The highest BCUT2D eigenvalue weighted by Crippen LogP contribution is 2.10. The highest BCUT2D eigenvalue weighted by molar-refractivity contribution is 5.76. The molecule has 0 radical (unpaired) electrons. The van der Waals surface area contributed by atoms with Crippen molar-refractivity contribution in [2.24, 2.45) is 0 Å². The molecule has 0 aromatic heterocycles. The number of nitrogens with one attached hydrogen (secondary N) is 1. The fourth-order valence-electron chi connectivity index (χ4n) is 2.52. The molecule has 0 atom stereocenters. The minimum atomic E-state index is 0.0606. The number of carbonyl (C=O) groups excluding carboxylic acids is 1. The number of hydrogen-bond donors (Lipinski definition) is 2. The van der Waals surface area contributed by atoms with Gasteiger partial charge >= 0.3 is 6.03 Å². The van der Waals surface area contributed by atoms with E-state index in [9.17, 15) is 4.79 Å². The Hall–Kier alpha value is -1.75. The minimum absolute atomic E-state index is 0.0606. The van der Waals surface area contributed by atoms with Gasteiger partial charge in [0.05, 0.1) is 0 Å². The summed E-state index contributed by atoms with van der Waals surface area (Å²) in [5.41, 5.74) is 7.85. The highest BCUT2D eigenvalue weighted by Gasteiger charge is 2.19. The van der Waals surface area contributed by atoms with Crippen molar-refractivity contribution in [3.8, 4) is 0 Å². The molecular weight excluding hydrogens is 252 g/mol. The van der Waals surface area contributed by atoms with E-state index in [1.165, 1.54) is 5.56 Å². The molecule has 20 heavy (non-hydrogen) atoms. The molecule has 1 heterocycles. The molecular formula is C15H24N4O. The van der Waals surface area contributed by atoms with Crippen LogP contribution in [0.2, 0.25) is 0 Å². The summed E-state index contributed by atoms with van der Waals surface area (Å²) in [5, 5.41) is 2.83. The first-order chi connectivity index (χ1) is 9.69. The van der Waals surface area contributed by atoms with Crippen LogP contribution < -0.4 is 11.1 Å². The Bertz CT molecular complexity index is 449. The number of nitrogen functional groups attached to an aromatic ring is 1. The first-order valence-electron chi connectivity index (χ1n) is 7.28. The van der Waals surface area contributed by atoms with E-state index in [4.69, 9.17) is 5.73 Å². The molecule has 110 valence electrons. The van der Waals surface area contributed by atoms with E-state index in [1.54, 1.807) is 0 Å². The SMILES string of the molecule is CCCN(CCN1CCNC1=O)Cc1cccc(N)c1. The number of urea groups is 1. The van der Waals surface area contributed by atoms with Crippen molar-refractivity contribution >= 4 is 11.7 Å². The number of anilines is 1. The maximum Gasteiger partial charge on any atom is 0.317 e.